The van der Waals surface area contributed by atoms with E-state index in [2.05, 4.69) is 33.4 Å². The van der Waals surface area contributed by atoms with Gasteiger partial charge in [0.1, 0.15) is 0 Å². The molecule has 2 unspecified atom stereocenters. The average Bonchev–Trinajstić information content (AvgIpc) is 2.98. The third-order valence-corrected chi connectivity index (χ3v) is 6.59. The summed E-state index contributed by atoms with van der Waals surface area (Å²) in [5.41, 5.74) is 0. The Balaban J connectivity index is 0.000000143. The Labute approximate surface area is 150 Å². The molecule has 0 aromatic carbocycles. The molecule has 0 amide bonds. The summed E-state index contributed by atoms with van der Waals surface area (Å²) in [6, 6.07) is 0. The lowest BCUT2D eigenvalue weighted by Gasteiger charge is -2.42. The van der Waals surface area contributed by atoms with Gasteiger partial charge >= 0.3 is 0 Å². The highest BCUT2D eigenvalue weighted by Crippen LogP contribution is 2.24. The Morgan fingerprint density at radius 3 is 1.62 bits per heavy atom. The largest absolute Gasteiger partial charge is 0.288 e. The molecule has 4 saturated heterocycles. The average molecular weight is 337 g/mol. The van der Waals surface area contributed by atoms with Crippen molar-refractivity contribution in [2.45, 2.75) is 77.5 Å². The van der Waals surface area contributed by atoms with Crippen LogP contribution in [0.1, 0.15) is 65.2 Å². The minimum absolute atomic E-state index is 0.793. The van der Waals surface area contributed by atoms with Gasteiger partial charge in [-0.1, -0.05) is 26.7 Å². The summed E-state index contributed by atoms with van der Waals surface area (Å²) in [7, 11) is 0. The molecular weight excluding hydrogens is 296 g/mol. The molecule has 0 spiro atoms. The van der Waals surface area contributed by atoms with Gasteiger partial charge in [-0.25, -0.2) is 0 Å². The Kier molecular flexibility index (Phi) is 7.38. The fourth-order valence-electron chi connectivity index (χ4n) is 5.30. The SMILES string of the molecule is CCN1CCCN2CCCC12.CCN1CCCN2CCCCCC12. The van der Waals surface area contributed by atoms with E-state index >= 15 is 0 Å². The second-order valence-electron chi connectivity index (χ2n) is 7.99. The number of nitrogens with zero attached hydrogens (tertiary/aromatic N) is 4. The zero-order chi connectivity index (χ0) is 16.8. The van der Waals surface area contributed by atoms with Crippen LogP contribution in [0.5, 0.6) is 0 Å². The number of hydrogen-bond donors (Lipinski definition) is 0. The van der Waals surface area contributed by atoms with Gasteiger partial charge in [-0.2, -0.15) is 0 Å². The lowest BCUT2D eigenvalue weighted by molar-refractivity contribution is 0.00889. The van der Waals surface area contributed by atoms with Crippen molar-refractivity contribution in [3.05, 3.63) is 0 Å². The van der Waals surface area contributed by atoms with Crippen molar-refractivity contribution in [3.63, 3.8) is 0 Å². The summed E-state index contributed by atoms with van der Waals surface area (Å²) < 4.78 is 0. The molecule has 4 heteroatoms. The van der Waals surface area contributed by atoms with Crippen LogP contribution in [0.3, 0.4) is 0 Å². The van der Waals surface area contributed by atoms with Crippen LogP contribution in [-0.4, -0.2) is 84.3 Å². The van der Waals surface area contributed by atoms with E-state index in [-0.39, 0.29) is 0 Å². The highest BCUT2D eigenvalue weighted by Gasteiger charge is 2.31. The summed E-state index contributed by atoms with van der Waals surface area (Å²) in [5.74, 6) is 0. The van der Waals surface area contributed by atoms with Gasteiger partial charge in [-0.3, -0.25) is 19.6 Å². The number of hydrogen-bond acceptors (Lipinski definition) is 4. The van der Waals surface area contributed by atoms with Gasteiger partial charge in [0.05, 0.1) is 12.3 Å². The minimum atomic E-state index is 0.793. The normalized spacial score (nSPS) is 33.2. The van der Waals surface area contributed by atoms with Crippen LogP contribution in [0.25, 0.3) is 0 Å². The van der Waals surface area contributed by atoms with Crippen LogP contribution >= 0.6 is 0 Å². The van der Waals surface area contributed by atoms with Crippen molar-refractivity contribution in [3.8, 4) is 0 Å². The van der Waals surface area contributed by atoms with Gasteiger partial charge in [0.15, 0.2) is 0 Å². The first-order valence-electron chi connectivity index (χ1n) is 10.8. The predicted molar refractivity (Wildman–Crippen MR) is 102 cm³/mol. The van der Waals surface area contributed by atoms with Crippen LogP contribution in [-0.2, 0) is 0 Å². The van der Waals surface area contributed by atoms with E-state index < -0.39 is 0 Å². The topological polar surface area (TPSA) is 13.0 Å². The minimum Gasteiger partial charge on any atom is -0.288 e. The van der Waals surface area contributed by atoms with Crippen LogP contribution in [0.2, 0.25) is 0 Å². The monoisotopic (exact) mass is 336 g/mol. The molecule has 0 aliphatic carbocycles. The molecule has 4 rings (SSSR count). The van der Waals surface area contributed by atoms with Gasteiger partial charge in [0, 0.05) is 26.2 Å². The summed E-state index contributed by atoms with van der Waals surface area (Å²) in [6.07, 6.45) is 12.9. The lowest BCUT2D eigenvalue weighted by atomic mass is 10.1. The molecule has 0 N–H and O–H groups in total. The van der Waals surface area contributed by atoms with E-state index in [9.17, 15) is 0 Å². The fourth-order valence-corrected chi connectivity index (χ4v) is 5.30. The maximum Gasteiger partial charge on any atom is 0.0622 e. The third-order valence-electron chi connectivity index (χ3n) is 6.59. The quantitative estimate of drug-likeness (QED) is 0.768. The van der Waals surface area contributed by atoms with E-state index in [1.807, 2.05) is 0 Å². The zero-order valence-corrected chi connectivity index (χ0v) is 16.3. The van der Waals surface area contributed by atoms with E-state index in [1.165, 1.54) is 104 Å². The van der Waals surface area contributed by atoms with Gasteiger partial charge in [-0.15, -0.1) is 0 Å². The van der Waals surface area contributed by atoms with Crippen LogP contribution in [0.15, 0.2) is 0 Å². The molecular formula is C20H40N4. The maximum absolute atomic E-state index is 2.71. The fraction of sp³-hybridized carbons (Fsp3) is 1.00. The number of rotatable bonds is 2. The highest BCUT2D eigenvalue weighted by atomic mass is 15.4. The van der Waals surface area contributed by atoms with Crippen molar-refractivity contribution in [2.75, 3.05) is 52.4 Å². The Hall–Kier alpha value is -0.160. The summed E-state index contributed by atoms with van der Waals surface area (Å²) >= 11 is 0. The van der Waals surface area contributed by atoms with E-state index in [4.69, 9.17) is 0 Å². The molecule has 4 nitrogen and oxygen atoms in total. The molecule has 0 radical (unpaired) electrons. The van der Waals surface area contributed by atoms with E-state index in [0.29, 0.717) is 0 Å². The molecule has 0 bridgehead atoms. The first-order valence-corrected chi connectivity index (χ1v) is 10.8. The second-order valence-corrected chi connectivity index (χ2v) is 7.99. The van der Waals surface area contributed by atoms with Crippen molar-refractivity contribution < 1.29 is 0 Å². The van der Waals surface area contributed by atoms with Crippen LogP contribution < -0.4 is 0 Å². The van der Waals surface area contributed by atoms with Gasteiger partial charge in [0.25, 0.3) is 0 Å². The molecule has 4 aliphatic rings. The van der Waals surface area contributed by atoms with Crippen molar-refractivity contribution in [1.82, 2.24) is 19.6 Å². The van der Waals surface area contributed by atoms with Crippen molar-refractivity contribution in [2.24, 2.45) is 0 Å². The maximum atomic E-state index is 2.71. The van der Waals surface area contributed by atoms with Gasteiger partial charge < -0.3 is 0 Å². The molecule has 4 fully saturated rings. The zero-order valence-electron chi connectivity index (χ0n) is 16.3. The summed E-state index contributed by atoms with van der Waals surface area (Å²) in [6.45, 7) is 15.1. The van der Waals surface area contributed by atoms with Gasteiger partial charge in [0.2, 0.25) is 0 Å². The van der Waals surface area contributed by atoms with Crippen LogP contribution in [0.4, 0.5) is 0 Å². The van der Waals surface area contributed by atoms with Gasteiger partial charge in [-0.05, 0) is 64.7 Å². The Morgan fingerprint density at radius 2 is 1.04 bits per heavy atom. The molecule has 4 aliphatic heterocycles. The van der Waals surface area contributed by atoms with E-state index in [0.717, 1.165) is 12.3 Å². The Morgan fingerprint density at radius 1 is 0.542 bits per heavy atom. The summed E-state index contributed by atoms with van der Waals surface area (Å²) in [4.78, 5) is 10.6. The van der Waals surface area contributed by atoms with E-state index in [1.54, 1.807) is 0 Å². The van der Waals surface area contributed by atoms with Crippen molar-refractivity contribution in [1.29, 1.82) is 0 Å². The first-order chi connectivity index (χ1) is 11.8. The molecule has 0 aromatic rings. The molecule has 140 valence electrons. The Bertz CT molecular complexity index is 362. The molecule has 4 heterocycles. The highest BCUT2D eigenvalue weighted by molar-refractivity contribution is 4.83. The van der Waals surface area contributed by atoms with Crippen molar-refractivity contribution >= 4 is 0 Å². The molecule has 0 aromatic heterocycles. The first kappa shape index (κ1) is 18.6. The molecule has 0 saturated carbocycles. The van der Waals surface area contributed by atoms with Crippen LogP contribution in [0, 0.1) is 0 Å². The smallest absolute Gasteiger partial charge is 0.0622 e. The summed E-state index contributed by atoms with van der Waals surface area (Å²) in [5, 5.41) is 0. The standard InChI is InChI=1S/C11H22N2.C9H18N2/c1-2-12-9-6-10-13-8-5-3-4-7-11(12)13;1-2-10-7-4-8-11-6-3-5-9(10)11/h11H,2-10H2,1H3;9H,2-8H2,1H3. The molecule has 24 heavy (non-hydrogen) atoms. The number of fused-ring (bicyclic) bond motifs is 2. The lowest BCUT2D eigenvalue weighted by Crippen LogP contribution is -2.53. The second kappa shape index (κ2) is 9.51. The molecule has 2 atom stereocenters. The predicted octanol–water partition coefficient (Wildman–Crippen LogP) is 3.05. The third kappa shape index (κ3) is 4.51.